The first-order chi connectivity index (χ1) is 10.2. The highest BCUT2D eigenvalue weighted by atomic mass is 35.5. The van der Waals surface area contributed by atoms with Gasteiger partial charge in [-0.2, -0.15) is 4.98 Å². The van der Waals surface area contributed by atoms with E-state index in [-0.39, 0.29) is 5.28 Å². The molecule has 0 aliphatic heterocycles. The van der Waals surface area contributed by atoms with Crippen LogP contribution in [0.15, 0.2) is 60.8 Å². The van der Waals surface area contributed by atoms with Gasteiger partial charge in [-0.1, -0.05) is 48.0 Å². The molecule has 0 aliphatic rings. The predicted octanol–water partition coefficient (Wildman–Crippen LogP) is 5.24. The molecule has 3 rings (SSSR count). The summed E-state index contributed by atoms with van der Waals surface area (Å²) in [5.74, 6) is 0.871. The minimum absolute atomic E-state index is 0.129. The molecule has 21 heavy (non-hydrogen) atoms. The van der Waals surface area contributed by atoms with Gasteiger partial charge in [0.25, 0.3) is 0 Å². The average Bonchev–Trinajstić information content (AvgIpc) is 2.50. The lowest BCUT2D eigenvalue weighted by Crippen LogP contribution is -1.90. The highest BCUT2D eigenvalue weighted by Gasteiger charge is 2.07. The van der Waals surface area contributed by atoms with Crippen LogP contribution in [0.4, 0.5) is 0 Å². The molecule has 0 N–H and O–H groups in total. The Bertz CT molecular complexity index is 763. The van der Waals surface area contributed by atoms with Crippen LogP contribution in [0, 0.1) is 0 Å². The number of aromatic nitrogens is 2. The highest BCUT2D eigenvalue weighted by Crippen LogP contribution is 2.32. The molecule has 3 aromatic rings. The first kappa shape index (κ1) is 13.9. The molecule has 1 heterocycles. The van der Waals surface area contributed by atoms with E-state index in [9.17, 15) is 0 Å². The maximum atomic E-state index is 6.27. The quantitative estimate of drug-likeness (QED) is 0.619. The van der Waals surface area contributed by atoms with Gasteiger partial charge in [-0.3, -0.25) is 0 Å². The van der Waals surface area contributed by atoms with Crippen LogP contribution >= 0.6 is 23.2 Å². The third kappa shape index (κ3) is 3.32. The van der Waals surface area contributed by atoms with E-state index in [0.29, 0.717) is 16.7 Å². The van der Waals surface area contributed by atoms with Crippen molar-refractivity contribution in [1.82, 2.24) is 9.97 Å². The van der Waals surface area contributed by atoms with Gasteiger partial charge >= 0.3 is 0 Å². The summed E-state index contributed by atoms with van der Waals surface area (Å²) >= 11 is 12.0. The third-order valence-electron chi connectivity index (χ3n) is 2.85. The van der Waals surface area contributed by atoms with Gasteiger partial charge in [0.15, 0.2) is 0 Å². The van der Waals surface area contributed by atoms with E-state index in [1.807, 2.05) is 42.5 Å². The summed E-state index contributed by atoms with van der Waals surface area (Å²) in [6.07, 6.45) is 1.52. The molecule has 0 saturated heterocycles. The zero-order chi connectivity index (χ0) is 14.7. The van der Waals surface area contributed by atoms with Crippen LogP contribution in [0.1, 0.15) is 0 Å². The minimum Gasteiger partial charge on any atom is -0.437 e. The zero-order valence-electron chi connectivity index (χ0n) is 10.8. The average molecular weight is 317 g/mol. The summed E-state index contributed by atoms with van der Waals surface area (Å²) < 4.78 is 5.61. The fraction of sp³-hybridized carbons (Fsp3) is 0. The van der Waals surface area contributed by atoms with Gasteiger partial charge in [0.1, 0.15) is 5.75 Å². The number of benzene rings is 2. The molecular formula is C16H10Cl2N2O. The number of halogens is 2. The van der Waals surface area contributed by atoms with Crippen molar-refractivity contribution in [3.05, 3.63) is 71.1 Å². The molecule has 0 saturated carbocycles. The largest absolute Gasteiger partial charge is 0.437 e. The van der Waals surface area contributed by atoms with E-state index < -0.39 is 0 Å². The van der Waals surface area contributed by atoms with Crippen LogP contribution in [0.25, 0.3) is 11.1 Å². The first-order valence-corrected chi connectivity index (χ1v) is 6.99. The zero-order valence-corrected chi connectivity index (χ0v) is 12.3. The van der Waals surface area contributed by atoms with Gasteiger partial charge in [-0.25, -0.2) is 4.98 Å². The van der Waals surface area contributed by atoms with Crippen molar-refractivity contribution in [2.75, 3.05) is 0 Å². The second-order valence-electron chi connectivity index (χ2n) is 4.28. The SMILES string of the molecule is Clc1nccc(Oc2ccc(-c3ccccc3)cc2Cl)n1. The Hall–Kier alpha value is -2.10. The molecule has 0 bridgehead atoms. The van der Waals surface area contributed by atoms with Crippen molar-refractivity contribution in [3.63, 3.8) is 0 Å². The number of hydrogen-bond acceptors (Lipinski definition) is 3. The molecule has 5 heteroatoms. The Morgan fingerprint density at radius 3 is 2.38 bits per heavy atom. The second kappa shape index (κ2) is 6.12. The normalized spacial score (nSPS) is 10.4. The predicted molar refractivity (Wildman–Crippen MR) is 84.0 cm³/mol. The summed E-state index contributed by atoms with van der Waals surface area (Å²) in [7, 11) is 0. The maximum Gasteiger partial charge on any atom is 0.225 e. The standard InChI is InChI=1S/C16H10Cl2N2O/c17-13-10-12(11-4-2-1-3-5-11)6-7-14(13)21-15-8-9-19-16(18)20-15/h1-10H. The van der Waals surface area contributed by atoms with E-state index in [4.69, 9.17) is 27.9 Å². The molecule has 0 radical (unpaired) electrons. The van der Waals surface area contributed by atoms with Crippen LogP contribution in [-0.4, -0.2) is 9.97 Å². The lowest BCUT2D eigenvalue weighted by Gasteiger charge is -2.08. The topological polar surface area (TPSA) is 35.0 Å². The van der Waals surface area contributed by atoms with E-state index in [2.05, 4.69) is 9.97 Å². The van der Waals surface area contributed by atoms with Crippen LogP contribution < -0.4 is 4.74 Å². The minimum atomic E-state index is 0.129. The summed E-state index contributed by atoms with van der Waals surface area (Å²) in [6, 6.07) is 17.2. The fourth-order valence-corrected chi connectivity index (χ4v) is 2.24. The molecule has 3 nitrogen and oxygen atoms in total. The summed E-state index contributed by atoms with van der Waals surface area (Å²) in [4.78, 5) is 7.76. The molecule has 0 amide bonds. The van der Waals surface area contributed by atoms with Crippen LogP contribution in [0.2, 0.25) is 10.3 Å². The van der Waals surface area contributed by atoms with Gasteiger partial charge in [-0.15, -0.1) is 0 Å². The third-order valence-corrected chi connectivity index (χ3v) is 3.33. The second-order valence-corrected chi connectivity index (χ2v) is 5.02. The molecule has 2 aromatic carbocycles. The Kier molecular flexibility index (Phi) is 4.04. The fourth-order valence-electron chi connectivity index (χ4n) is 1.88. The van der Waals surface area contributed by atoms with Gasteiger partial charge in [0.2, 0.25) is 11.2 Å². The number of hydrogen-bond donors (Lipinski definition) is 0. The maximum absolute atomic E-state index is 6.27. The Morgan fingerprint density at radius 1 is 0.857 bits per heavy atom. The van der Waals surface area contributed by atoms with E-state index >= 15 is 0 Å². The monoisotopic (exact) mass is 316 g/mol. The van der Waals surface area contributed by atoms with Crippen molar-refractivity contribution in [3.8, 4) is 22.8 Å². The van der Waals surface area contributed by atoms with Gasteiger partial charge in [0.05, 0.1) is 5.02 Å². The Labute approximate surface area is 132 Å². The molecular weight excluding hydrogens is 307 g/mol. The molecule has 0 fully saturated rings. The smallest absolute Gasteiger partial charge is 0.225 e. The van der Waals surface area contributed by atoms with E-state index in [0.717, 1.165) is 11.1 Å². The molecule has 1 aromatic heterocycles. The van der Waals surface area contributed by atoms with E-state index in [1.54, 1.807) is 12.1 Å². The summed E-state index contributed by atoms with van der Waals surface area (Å²) in [5, 5.41) is 0.635. The Morgan fingerprint density at radius 2 is 1.67 bits per heavy atom. The van der Waals surface area contributed by atoms with Crippen molar-refractivity contribution >= 4 is 23.2 Å². The first-order valence-electron chi connectivity index (χ1n) is 6.24. The molecule has 0 unspecified atom stereocenters. The summed E-state index contributed by atoms with van der Waals surface area (Å²) in [6.45, 7) is 0. The van der Waals surface area contributed by atoms with Crippen LogP contribution in [0.3, 0.4) is 0 Å². The molecule has 104 valence electrons. The van der Waals surface area contributed by atoms with Gasteiger partial charge in [-0.05, 0) is 34.9 Å². The van der Waals surface area contributed by atoms with Gasteiger partial charge < -0.3 is 4.74 Å². The highest BCUT2D eigenvalue weighted by molar-refractivity contribution is 6.32. The van der Waals surface area contributed by atoms with Crippen molar-refractivity contribution < 1.29 is 4.74 Å². The molecule has 0 atom stereocenters. The molecule has 0 spiro atoms. The number of nitrogens with zero attached hydrogens (tertiary/aromatic N) is 2. The van der Waals surface area contributed by atoms with Crippen LogP contribution in [0.5, 0.6) is 11.6 Å². The van der Waals surface area contributed by atoms with Crippen LogP contribution in [-0.2, 0) is 0 Å². The molecule has 0 aliphatic carbocycles. The van der Waals surface area contributed by atoms with Crippen molar-refractivity contribution in [1.29, 1.82) is 0 Å². The van der Waals surface area contributed by atoms with Crippen molar-refractivity contribution in [2.45, 2.75) is 0 Å². The van der Waals surface area contributed by atoms with E-state index in [1.165, 1.54) is 6.20 Å². The van der Waals surface area contributed by atoms with Gasteiger partial charge in [0, 0.05) is 12.3 Å². The summed E-state index contributed by atoms with van der Waals surface area (Å²) in [5.41, 5.74) is 2.12. The lowest BCUT2D eigenvalue weighted by atomic mass is 10.1. The lowest BCUT2D eigenvalue weighted by molar-refractivity contribution is 0.462. The van der Waals surface area contributed by atoms with Crippen molar-refractivity contribution in [2.24, 2.45) is 0 Å². The number of rotatable bonds is 3. The Balaban J connectivity index is 1.88. The number of ether oxygens (including phenoxy) is 1.